The van der Waals surface area contributed by atoms with Gasteiger partial charge in [0.1, 0.15) is 0 Å². The Balaban J connectivity index is 0.00000181. The fraction of sp³-hybridized carbons (Fsp3) is 0.640. The van der Waals surface area contributed by atoms with Gasteiger partial charge in [0, 0.05) is 20.3 Å². The number of aryl methyl sites for hydroxylation is 1. The summed E-state index contributed by atoms with van der Waals surface area (Å²) in [5.41, 5.74) is 5.20. The van der Waals surface area contributed by atoms with Gasteiger partial charge in [-0.15, -0.1) is 0 Å². The van der Waals surface area contributed by atoms with Crippen LogP contribution in [-0.2, 0) is 10.2 Å². The number of benzene rings is 1. The van der Waals surface area contributed by atoms with Crippen LogP contribution < -0.4 is 5.32 Å². The highest BCUT2D eigenvalue weighted by molar-refractivity contribution is 5.74. The van der Waals surface area contributed by atoms with E-state index in [1.54, 1.807) is 6.92 Å². The fourth-order valence-corrected chi connectivity index (χ4v) is 7.48. The Labute approximate surface area is 170 Å². The molecule has 5 aliphatic rings. The number of allylic oxidation sites excluding steroid dienone is 2. The minimum atomic E-state index is 0. The molecule has 3 fully saturated rings. The Kier molecular flexibility index (Phi) is 3.53. The average Bonchev–Trinajstić information content (AvgIpc) is 3.22. The van der Waals surface area contributed by atoms with E-state index in [0.29, 0.717) is 0 Å². The highest BCUT2D eigenvalue weighted by atomic mass is 16.1. The fourth-order valence-electron chi connectivity index (χ4n) is 7.48. The smallest absolute Gasteiger partial charge is 0.217 e. The Morgan fingerprint density at radius 1 is 1.21 bits per heavy atom. The van der Waals surface area contributed by atoms with Crippen LogP contribution >= 0.6 is 0 Å². The van der Waals surface area contributed by atoms with Crippen molar-refractivity contribution in [3.63, 3.8) is 0 Å². The van der Waals surface area contributed by atoms with Crippen molar-refractivity contribution < 1.29 is 6.22 Å². The van der Waals surface area contributed by atoms with E-state index in [4.69, 9.17) is 0 Å². The van der Waals surface area contributed by atoms with Gasteiger partial charge in [-0.25, -0.2) is 0 Å². The number of likely N-dealkylation sites (tertiary alicyclic amines) is 1. The first-order valence-electron chi connectivity index (χ1n) is 11.3. The first-order chi connectivity index (χ1) is 13.5. The number of nitrogens with one attached hydrogen (secondary N) is 1. The summed E-state index contributed by atoms with van der Waals surface area (Å²) in [6, 6.07) is 7.12. The molecular formula is C25H34N2O. The van der Waals surface area contributed by atoms with Gasteiger partial charge in [0.05, 0.1) is 6.04 Å². The lowest BCUT2D eigenvalue weighted by Crippen LogP contribution is -2.48. The molecule has 5 atom stereocenters. The summed E-state index contributed by atoms with van der Waals surface area (Å²) in [7, 11) is 0. The molecule has 3 nitrogen and oxygen atoms in total. The van der Waals surface area contributed by atoms with Crippen LogP contribution in [0.15, 0.2) is 30.4 Å². The van der Waals surface area contributed by atoms with E-state index in [2.05, 4.69) is 47.5 Å². The lowest BCUT2D eigenvalue weighted by atomic mass is 9.62. The molecule has 0 radical (unpaired) electrons. The molecule has 4 unspecified atom stereocenters. The topological polar surface area (TPSA) is 32.3 Å². The van der Waals surface area contributed by atoms with Gasteiger partial charge in [-0.2, -0.15) is 0 Å². The molecule has 150 valence electrons. The average molecular weight is 379 g/mol. The van der Waals surface area contributed by atoms with Crippen molar-refractivity contribution in [2.75, 3.05) is 19.6 Å². The third-order valence-electron chi connectivity index (χ3n) is 8.98. The van der Waals surface area contributed by atoms with Gasteiger partial charge in [0.2, 0.25) is 5.91 Å². The Bertz CT molecular complexity index is 872. The van der Waals surface area contributed by atoms with Gasteiger partial charge >= 0.3 is 0 Å². The number of rotatable bonds is 3. The van der Waals surface area contributed by atoms with Crippen molar-refractivity contribution in [3.05, 3.63) is 47.0 Å². The van der Waals surface area contributed by atoms with Gasteiger partial charge in [0.25, 0.3) is 0 Å². The number of piperidine rings is 1. The molecule has 28 heavy (non-hydrogen) atoms. The summed E-state index contributed by atoms with van der Waals surface area (Å²) in [6.45, 7) is 7.53. The zero-order valence-electron chi connectivity index (χ0n) is 17.2. The molecule has 0 bridgehead atoms. The van der Waals surface area contributed by atoms with E-state index in [1.165, 1.54) is 62.0 Å². The SMILES string of the molecule is CC(=O)N[C@H]1CC2(CCN(CC3CC45CC4C=CC35)CC2)c2ccc(C)cc21.[HH]. The Hall–Kier alpha value is -1.61. The molecule has 2 spiro atoms. The van der Waals surface area contributed by atoms with Crippen LogP contribution in [-0.4, -0.2) is 30.4 Å². The maximum atomic E-state index is 11.8. The molecule has 0 aromatic heterocycles. The standard InChI is InChI=1S/C25H32N2O.H2/c1-16-3-5-22-20(11-16)23(26-17(2)28)14-24(22)7-9-27(10-8-24)15-18-12-25-13-19(25)4-6-21(18)25;/h3-6,11,18-19,21,23H,7-10,12-15H2,1-2H3,(H,26,28);1H/t18?,19?,21?,23-,25?;/m0./s1. The van der Waals surface area contributed by atoms with E-state index in [1.807, 2.05) is 0 Å². The molecule has 1 N–H and O–H groups in total. The third-order valence-corrected chi connectivity index (χ3v) is 8.98. The van der Waals surface area contributed by atoms with Crippen LogP contribution in [0.1, 0.15) is 63.2 Å². The number of fused-ring (bicyclic) bond motifs is 2. The van der Waals surface area contributed by atoms with Crippen LogP contribution in [0.2, 0.25) is 0 Å². The number of hydrogen-bond acceptors (Lipinski definition) is 2. The third kappa shape index (κ3) is 2.35. The molecule has 1 aromatic carbocycles. The van der Waals surface area contributed by atoms with Gasteiger partial charge in [-0.05, 0) is 86.4 Å². The van der Waals surface area contributed by atoms with Crippen LogP contribution in [0, 0.1) is 30.1 Å². The van der Waals surface area contributed by atoms with Gasteiger partial charge in [0.15, 0.2) is 0 Å². The van der Waals surface area contributed by atoms with Crippen molar-refractivity contribution in [3.8, 4) is 0 Å². The van der Waals surface area contributed by atoms with Gasteiger partial charge in [-0.1, -0.05) is 35.9 Å². The number of carbonyl (C=O) groups excluding carboxylic acids is 1. The van der Waals surface area contributed by atoms with Crippen molar-refractivity contribution in [1.82, 2.24) is 10.2 Å². The maximum Gasteiger partial charge on any atom is 0.217 e. The summed E-state index contributed by atoms with van der Waals surface area (Å²) < 4.78 is 0. The monoisotopic (exact) mass is 378 g/mol. The molecule has 1 heterocycles. The van der Waals surface area contributed by atoms with Crippen LogP contribution in [0.3, 0.4) is 0 Å². The molecular weight excluding hydrogens is 344 g/mol. The van der Waals surface area contributed by atoms with Crippen LogP contribution in [0.25, 0.3) is 0 Å². The van der Waals surface area contributed by atoms with Gasteiger partial charge in [-0.3, -0.25) is 4.79 Å². The van der Waals surface area contributed by atoms with Crippen LogP contribution in [0.5, 0.6) is 0 Å². The molecule has 1 aromatic rings. The zero-order chi connectivity index (χ0) is 19.1. The molecule has 6 rings (SSSR count). The summed E-state index contributed by atoms with van der Waals surface area (Å²) in [5, 5.41) is 3.23. The number of carbonyl (C=O) groups is 1. The van der Waals surface area contributed by atoms with Crippen LogP contribution in [0.4, 0.5) is 0 Å². The number of hydrogen-bond donors (Lipinski definition) is 1. The molecule has 1 saturated heterocycles. The summed E-state index contributed by atoms with van der Waals surface area (Å²) in [5.74, 6) is 2.84. The predicted molar refractivity (Wildman–Crippen MR) is 113 cm³/mol. The van der Waals surface area contributed by atoms with E-state index in [0.717, 1.165) is 29.6 Å². The molecule has 2 saturated carbocycles. The van der Waals surface area contributed by atoms with Crippen molar-refractivity contribution >= 4 is 5.91 Å². The Morgan fingerprint density at radius 2 is 2.04 bits per heavy atom. The first-order valence-corrected chi connectivity index (χ1v) is 11.3. The lowest BCUT2D eigenvalue weighted by molar-refractivity contribution is -0.119. The second kappa shape index (κ2) is 5.72. The summed E-state index contributed by atoms with van der Waals surface area (Å²) in [6.07, 6.45) is 11.6. The first kappa shape index (κ1) is 17.3. The lowest BCUT2D eigenvalue weighted by Gasteiger charge is -2.48. The normalized spacial score (nSPS) is 39.2. The number of nitrogens with zero attached hydrogens (tertiary/aromatic N) is 1. The summed E-state index contributed by atoms with van der Waals surface area (Å²) >= 11 is 0. The molecule has 1 amide bonds. The minimum absolute atomic E-state index is 0. The summed E-state index contributed by atoms with van der Waals surface area (Å²) in [4.78, 5) is 14.5. The van der Waals surface area contributed by atoms with E-state index >= 15 is 0 Å². The molecule has 4 aliphatic carbocycles. The minimum Gasteiger partial charge on any atom is -0.349 e. The second-order valence-electron chi connectivity index (χ2n) is 10.5. The quantitative estimate of drug-likeness (QED) is 0.792. The van der Waals surface area contributed by atoms with E-state index in [9.17, 15) is 4.79 Å². The maximum absolute atomic E-state index is 11.8. The predicted octanol–water partition coefficient (Wildman–Crippen LogP) is 4.37. The van der Waals surface area contributed by atoms with Crippen molar-refractivity contribution in [2.45, 2.75) is 57.4 Å². The Morgan fingerprint density at radius 3 is 2.75 bits per heavy atom. The highest BCUT2D eigenvalue weighted by Crippen LogP contribution is 2.75. The molecule has 3 heteroatoms. The molecule has 1 aliphatic heterocycles. The highest BCUT2D eigenvalue weighted by Gasteiger charge is 2.68. The number of amides is 1. The van der Waals surface area contributed by atoms with E-state index in [-0.39, 0.29) is 18.8 Å². The zero-order valence-corrected chi connectivity index (χ0v) is 17.2. The second-order valence-corrected chi connectivity index (χ2v) is 10.5. The van der Waals surface area contributed by atoms with E-state index < -0.39 is 0 Å². The van der Waals surface area contributed by atoms with Gasteiger partial charge < -0.3 is 10.2 Å². The van der Waals surface area contributed by atoms with Crippen molar-refractivity contribution in [2.24, 2.45) is 23.2 Å². The van der Waals surface area contributed by atoms with Crippen molar-refractivity contribution in [1.29, 1.82) is 0 Å². The largest absolute Gasteiger partial charge is 0.349 e.